The molecule has 5 nitrogen and oxygen atoms in total. The molecule has 0 unspecified atom stereocenters. The topological polar surface area (TPSA) is 50.2 Å². The van der Waals surface area contributed by atoms with Crippen LogP contribution in [0.5, 0.6) is 0 Å². The van der Waals surface area contributed by atoms with E-state index in [-0.39, 0.29) is 5.91 Å². The van der Waals surface area contributed by atoms with Crippen molar-refractivity contribution in [1.29, 1.82) is 0 Å². The quantitative estimate of drug-likeness (QED) is 0.755. The van der Waals surface area contributed by atoms with Crippen LogP contribution in [0.4, 0.5) is 11.5 Å². The zero-order valence-corrected chi connectivity index (χ0v) is 15.7. The highest BCUT2D eigenvalue weighted by molar-refractivity contribution is 7.09. The summed E-state index contributed by atoms with van der Waals surface area (Å²) in [5.41, 5.74) is 3.72. The van der Waals surface area contributed by atoms with Gasteiger partial charge in [-0.15, -0.1) is 11.3 Å². The highest BCUT2D eigenvalue weighted by Crippen LogP contribution is 2.20. The number of rotatable bonds is 5. The standard InChI is InChI=1S/C19H22N4OS/c1-13-10-17(14(2)23(13)12-16-6-5-9-25-16)19(24)21-18-8-7-15(11-20-18)22(3)4/h5-11H,12H2,1-4H3,(H,20,21,24). The number of aryl methyl sites for hydroxylation is 1. The van der Waals surface area contributed by atoms with E-state index in [1.165, 1.54) is 4.88 Å². The molecule has 1 N–H and O–H groups in total. The second-order valence-corrected chi connectivity index (χ2v) is 7.23. The van der Waals surface area contributed by atoms with Gasteiger partial charge in [-0.2, -0.15) is 0 Å². The number of pyridine rings is 1. The molecule has 0 aliphatic rings. The summed E-state index contributed by atoms with van der Waals surface area (Å²) < 4.78 is 2.17. The van der Waals surface area contributed by atoms with Crippen molar-refractivity contribution < 1.29 is 4.79 Å². The minimum absolute atomic E-state index is 0.129. The normalized spacial score (nSPS) is 10.7. The van der Waals surface area contributed by atoms with Gasteiger partial charge >= 0.3 is 0 Å². The predicted octanol–water partition coefficient (Wildman–Crippen LogP) is 3.93. The van der Waals surface area contributed by atoms with Crippen molar-refractivity contribution in [3.05, 3.63) is 63.7 Å². The van der Waals surface area contributed by atoms with E-state index in [9.17, 15) is 4.79 Å². The number of hydrogen-bond donors (Lipinski definition) is 1. The van der Waals surface area contributed by atoms with Gasteiger partial charge in [-0.05, 0) is 43.5 Å². The van der Waals surface area contributed by atoms with Crippen LogP contribution in [-0.4, -0.2) is 29.6 Å². The molecule has 0 spiro atoms. The Kier molecular flexibility index (Phi) is 4.90. The Labute approximate surface area is 151 Å². The second-order valence-electron chi connectivity index (χ2n) is 6.20. The predicted molar refractivity (Wildman–Crippen MR) is 104 cm³/mol. The molecule has 0 bridgehead atoms. The molecule has 0 saturated heterocycles. The molecular formula is C19H22N4OS. The van der Waals surface area contributed by atoms with E-state index in [0.717, 1.165) is 23.6 Å². The summed E-state index contributed by atoms with van der Waals surface area (Å²) in [6.45, 7) is 4.80. The lowest BCUT2D eigenvalue weighted by Crippen LogP contribution is -2.15. The van der Waals surface area contributed by atoms with Crippen LogP contribution in [0.3, 0.4) is 0 Å². The molecule has 0 radical (unpaired) electrons. The van der Waals surface area contributed by atoms with E-state index in [1.807, 2.05) is 57.1 Å². The van der Waals surface area contributed by atoms with Gasteiger partial charge < -0.3 is 14.8 Å². The maximum atomic E-state index is 12.6. The largest absolute Gasteiger partial charge is 0.376 e. The van der Waals surface area contributed by atoms with Crippen LogP contribution in [-0.2, 0) is 6.54 Å². The summed E-state index contributed by atoms with van der Waals surface area (Å²) in [6.07, 6.45) is 1.75. The average Bonchev–Trinajstić information content (AvgIpc) is 3.19. The van der Waals surface area contributed by atoms with E-state index < -0.39 is 0 Å². The van der Waals surface area contributed by atoms with Gasteiger partial charge in [0, 0.05) is 30.4 Å². The van der Waals surface area contributed by atoms with Gasteiger partial charge in [-0.25, -0.2) is 4.98 Å². The number of carbonyl (C=O) groups is 1. The van der Waals surface area contributed by atoms with Gasteiger partial charge in [0.05, 0.1) is 24.0 Å². The number of nitrogens with one attached hydrogen (secondary N) is 1. The Morgan fingerprint density at radius 1 is 1.28 bits per heavy atom. The lowest BCUT2D eigenvalue weighted by molar-refractivity contribution is 0.102. The van der Waals surface area contributed by atoms with E-state index in [1.54, 1.807) is 17.5 Å². The number of thiophene rings is 1. The Bertz CT molecular complexity index is 864. The lowest BCUT2D eigenvalue weighted by atomic mass is 10.2. The van der Waals surface area contributed by atoms with Crippen molar-refractivity contribution in [1.82, 2.24) is 9.55 Å². The van der Waals surface area contributed by atoms with E-state index in [2.05, 4.69) is 26.3 Å². The third-order valence-corrected chi connectivity index (χ3v) is 5.08. The van der Waals surface area contributed by atoms with E-state index in [0.29, 0.717) is 11.4 Å². The maximum absolute atomic E-state index is 12.6. The smallest absolute Gasteiger partial charge is 0.258 e. The van der Waals surface area contributed by atoms with Crippen LogP contribution in [0.2, 0.25) is 0 Å². The van der Waals surface area contributed by atoms with E-state index >= 15 is 0 Å². The Hall–Kier alpha value is -2.60. The Balaban J connectivity index is 1.78. The second kappa shape index (κ2) is 7.11. The van der Waals surface area contributed by atoms with Crippen molar-refractivity contribution in [3.8, 4) is 0 Å². The van der Waals surface area contributed by atoms with Gasteiger partial charge in [0.15, 0.2) is 0 Å². The minimum atomic E-state index is -0.129. The van der Waals surface area contributed by atoms with Gasteiger partial charge in [0.1, 0.15) is 5.82 Å². The van der Waals surface area contributed by atoms with Crippen LogP contribution in [0, 0.1) is 13.8 Å². The van der Waals surface area contributed by atoms with Crippen molar-refractivity contribution in [2.45, 2.75) is 20.4 Å². The molecule has 6 heteroatoms. The summed E-state index contributed by atoms with van der Waals surface area (Å²) in [7, 11) is 3.91. The molecule has 0 aliphatic carbocycles. The van der Waals surface area contributed by atoms with Gasteiger partial charge in [-0.3, -0.25) is 4.79 Å². The molecule has 0 fully saturated rings. The first-order valence-corrected chi connectivity index (χ1v) is 8.97. The molecule has 0 atom stereocenters. The highest BCUT2D eigenvalue weighted by atomic mass is 32.1. The number of carbonyl (C=O) groups excluding carboxylic acids is 1. The number of amides is 1. The van der Waals surface area contributed by atoms with E-state index in [4.69, 9.17) is 0 Å². The maximum Gasteiger partial charge on any atom is 0.258 e. The zero-order valence-electron chi connectivity index (χ0n) is 14.9. The molecule has 3 aromatic heterocycles. The molecule has 3 aromatic rings. The molecular weight excluding hydrogens is 332 g/mol. The van der Waals surface area contributed by atoms with Gasteiger partial charge in [0.2, 0.25) is 0 Å². The first-order chi connectivity index (χ1) is 12.0. The summed E-state index contributed by atoms with van der Waals surface area (Å²) in [6, 6.07) is 9.84. The van der Waals surface area contributed by atoms with Gasteiger partial charge in [0.25, 0.3) is 5.91 Å². The first kappa shape index (κ1) is 17.2. The van der Waals surface area contributed by atoms with Crippen molar-refractivity contribution >= 4 is 28.7 Å². The molecule has 0 aliphatic heterocycles. The summed E-state index contributed by atoms with van der Waals surface area (Å²) in [4.78, 5) is 20.2. The zero-order chi connectivity index (χ0) is 18.0. The minimum Gasteiger partial charge on any atom is -0.376 e. The average molecular weight is 354 g/mol. The summed E-state index contributed by atoms with van der Waals surface area (Å²) in [5.74, 6) is 0.425. The molecule has 1 amide bonds. The van der Waals surface area contributed by atoms with Crippen LogP contribution in [0.15, 0.2) is 41.9 Å². The fourth-order valence-corrected chi connectivity index (χ4v) is 3.43. The van der Waals surface area contributed by atoms with Crippen molar-refractivity contribution in [3.63, 3.8) is 0 Å². The third-order valence-electron chi connectivity index (χ3n) is 4.22. The molecule has 0 saturated carbocycles. The highest BCUT2D eigenvalue weighted by Gasteiger charge is 2.16. The van der Waals surface area contributed by atoms with Crippen LogP contribution < -0.4 is 10.2 Å². The van der Waals surface area contributed by atoms with Gasteiger partial charge in [-0.1, -0.05) is 6.07 Å². The SMILES string of the molecule is Cc1cc(C(=O)Nc2ccc(N(C)C)cn2)c(C)n1Cc1cccs1. The Morgan fingerprint density at radius 3 is 2.68 bits per heavy atom. The number of nitrogens with zero attached hydrogens (tertiary/aromatic N) is 3. The fraction of sp³-hybridized carbons (Fsp3) is 0.263. The number of aromatic nitrogens is 2. The third kappa shape index (κ3) is 3.74. The first-order valence-electron chi connectivity index (χ1n) is 8.09. The lowest BCUT2D eigenvalue weighted by Gasteiger charge is -2.12. The fourth-order valence-electron chi connectivity index (χ4n) is 2.74. The van der Waals surface area contributed by atoms with Crippen LogP contribution in [0.1, 0.15) is 26.6 Å². The monoisotopic (exact) mass is 354 g/mol. The summed E-state index contributed by atoms with van der Waals surface area (Å²) in [5, 5.41) is 4.95. The van der Waals surface area contributed by atoms with Crippen molar-refractivity contribution in [2.75, 3.05) is 24.3 Å². The van der Waals surface area contributed by atoms with Crippen LogP contribution >= 0.6 is 11.3 Å². The Morgan fingerprint density at radius 2 is 2.08 bits per heavy atom. The number of anilines is 2. The molecule has 130 valence electrons. The molecule has 3 rings (SSSR count). The van der Waals surface area contributed by atoms with Crippen molar-refractivity contribution in [2.24, 2.45) is 0 Å². The molecule has 25 heavy (non-hydrogen) atoms. The molecule has 3 heterocycles. The summed E-state index contributed by atoms with van der Waals surface area (Å²) >= 11 is 1.72. The van der Waals surface area contributed by atoms with Crippen LogP contribution in [0.25, 0.3) is 0 Å². The molecule has 0 aromatic carbocycles. The number of hydrogen-bond acceptors (Lipinski definition) is 4.